The van der Waals surface area contributed by atoms with Crippen molar-refractivity contribution >= 4 is 29.3 Å². The molecule has 2 amide bonds. The maximum absolute atomic E-state index is 12.1. The molecule has 1 N–H and O–H groups in total. The highest BCUT2D eigenvalue weighted by atomic mass is 16.2. The van der Waals surface area contributed by atoms with Crippen molar-refractivity contribution in [3.05, 3.63) is 66.2 Å². The number of rotatable bonds is 5. The summed E-state index contributed by atoms with van der Waals surface area (Å²) in [6.45, 7) is 7.03. The third-order valence-electron chi connectivity index (χ3n) is 4.81. The van der Waals surface area contributed by atoms with E-state index in [1.165, 1.54) is 6.08 Å². The van der Waals surface area contributed by atoms with Gasteiger partial charge in [0.15, 0.2) is 0 Å². The minimum Gasteiger partial charge on any atom is -0.368 e. The molecule has 5 heteroatoms. The van der Waals surface area contributed by atoms with E-state index in [-0.39, 0.29) is 17.7 Å². The number of hydrogen-bond acceptors (Lipinski definition) is 3. The molecule has 0 aromatic heterocycles. The maximum Gasteiger partial charge on any atom is 0.248 e. The van der Waals surface area contributed by atoms with E-state index >= 15 is 0 Å². The van der Waals surface area contributed by atoms with Gasteiger partial charge in [0.05, 0.1) is 0 Å². The van der Waals surface area contributed by atoms with Gasteiger partial charge in [0.2, 0.25) is 11.8 Å². The Bertz CT molecular complexity index is 821. The van der Waals surface area contributed by atoms with E-state index in [4.69, 9.17) is 0 Å². The number of piperazine rings is 1. The average Bonchev–Trinajstić information content (AvgIpc) is 2.73. The van der Waals surface area contributed by atoms with Gasteiger partial charge in [-0.05, 0) is 35.9 Å². The first kappa shape index (κ1) is 19.7. The summed E-state index contributed by atoms with van der Waals surface area (Å²) in [6.07, 6.45) is 3.33. The molecule has 0 radical (unpaired) electrons. The summed E-state index contributed by atoms with van der Waals surface area (Å²) in [5.74, 6) is 0.115. The van der Waals surface area contributed by atoms with Crippen molar-refractivity contribution in [2.75, 3.05) is 36.4 Å². The average molecular weight is 377 g/mol. The lowest BCUT2D eigenvalue weighted by Gasteiger charge is -2.37. The second-order valence-electron chi connectivity index (χ2n) is 7.25. The van der Waals surface area contributed by atoms with Crippen LogP contribution in [0, 0.1) is 5.92 Å². The summed E-state index contributed by atoms with van der Waals surface area (Å²) in [5, 5.41) is 2.88. The zero-order valence-corrected chi connectivity index (χ0v) is 16.5. The quantitative estimate of drug-likeness (QED) is 0.810. The minimum absolute atomic E-state index is 0.0467. The zero-order valence-electron chi connectivity index (χ0n) is 16.5. The molecule has 3 rings (SSSR count). The van der Waals surface area contributed by atoms with Crippen molar-refractivity contribution in [2.45, 2.75) is 13.8 Å². The molecule has 1 aliphatic heterocycles. The fraction of sp³-hybridized carbons (Fsp3) is 0.304. The fourth-order valence-corrected chi connectivity index (χ4v) is 3.23. The second-order valence-corrected chi connectivity index (χ2v) is 7.25. The topological polar surface area (TPSA) is 52.7 Å². The lowest BCUT2D eigenvalue weighted by molar-refractivity contribution is -0.134. The van der Waals surface area contributed by atoms with Crippen LogP contribution in [0.1, 0.15) is 19.4 Å². The Kier molecular flexibility index (Phi) is 6.48. The van der Waals surface area contributed by atoms with Crippen molar-refractivity contribution in [1.29, 1.82) is 0 Å². The van der Waals surface area contributed by atoms with E-state index in [2.05, 4.69) is 10.2 Å². The van der Waals surface area contributed by atoms with Gasteiger partial charge < -0.3 is 15.1 Å². The maximum atomic E-state index is 12.1. The SMILES string of the molecule is CC(C)C(=O)N1CCN(c2ccc(NC(=O)C=Cc3ccccc3)cc2)CC1. The molecule has 28 heavy (non-hydrogen) atoms. The van der Waals surface area contributed by atoms with Crippen molar-refractivity contribution in [3.63, 3.8) is 0 Å². The third kappa shape index (κ3) is 5.22. The van der Waals surface area contributed by atoms with Gasteiger partial charge in [-0.1, -0.05) is 44.2 Å². The number of nitrogens with zero attached hydrogens (tertiary/aromatic N) is 2. The van der Waals surface area contributed by atoms with Gasteiger partial charge in [0.25, 0.3) is 0 Å². The lowest BCUT2D eigenvalue weighted by atomic mass is 10.1. The van der Waals surface area contributed by atoms with E-state index in [9.17, 15) is 9.59 Å². The Balaban J connectivity index is 1.52. The summed E-state index contributed by atoms with van der Waals surface area (Å²) in [4.78, 5) is 28.4. The van der Waals surface area contributed by atoms with E-state index in [1.807, 2.05) is 73.3 Å². The normalized spacial score (nSPS) is 14.5. The Hall–Kier alpha value is -3.08. The molecular weight excluding hydrogens is 350 g/mol. The van der Waals surface area contributed by atoms with Crippen molar-refractivity contribution < 1.29 is 9.59 Å². The smallest absolute Gasteiger partial charge is 0.248 e. The van der Waals surface area contributed by atoms with Crippen LogP contribution >= 0.6 is 0 Å². The molecule has 1 aliphatic rings. The monoisotopic (exact) mass is 377 g/mol. The van der Waals surface area contributed by atoms with Gasteiger partial charge in [-0.3, -0.25) is 9.59 Å². The van der Waals surface area contributed by atoms with Crippen LogP contribution in [0.4, 0.5) is 11.4 Å². The van der Waals surface area contributed by atoms with Crippen molar-refractivity contribution in [2.24, 2.45) is 5.92 Å². The standard InChI is InChI=1S/C23H27N3O2/c1-18(2)23(28)26-16-14-25(15-17-26)21-11-9-20(10-12-21)24-22(27)13-8-19-6-4-3-5-7-19/h3-13,18H,14-17H2,1-2H3,(H,24,27). The predicted molar refractivity (Wildman–Crippen MR) is 114 cm³/mol. The Labute approximate surface area is 166 Å². The first-order valence-electron chi connectivity index (χ1n) is 9.71. The molecule has 1 fully saturated rings. The largest absolute Gasteiger partial charge is 0.368 e. The number of carbonyl (C=O) groups is 2. The van der Waals surface area contributed by atoms with Crippen LogP contribution < -0.4 is 10.2 Å². The number of hydrogen-bond donors (Lipinski definition) is 1. The number of benzene rings is 2. The van der Waals surface area contributed by atoms with Crippen molar-refractivity contribution in [3.8, 4) is 0 Å². The van der Waals surface area contributed by atoms with Crippen LogP contribution in [0.2, 0.25) is 0 Å². The number of amides is 2. The van der Waals surface area contributed by atoms with Gasteiger partial charge in [-0.15, -0.1) is 0 Å². The molecule has 2 aromatic carbocycles. The highest BCUT2D eigenvalue weighted by molar-refractivity contribution is 6.02. The Morgan fingerprint density at radius 2 is 1.57 bits per heavy atom. The molecule has 0 bridgehead atoms. The summed E-state index contributed by atoms with van der Waals surface area (Å²) in [7, 11) is 0. The molecule has 1 saturated heterocycles. The van der Waals surface area contributed by atoms with Gasteiger partial charge in [-0.2, -0.15) is 0 Å². The number of nitrogens with one attached hydrogen (secondary N) is 1. The number of anilines is 2. The van der Waals surface area contributed by atoms with Crippen LogP contribution in [0.25, 0.3) is 6.08 Å². The lowest BCUT2D eigenvalue weighted by Crippen LogP contribution is -2.49. The van der Waals surface area contributed by atoms with Gasteiger partial charge >= 0.3 is 0 Å². The number of carbonyl (C=O) groups excluding carboxylic acids is 2. The van der Waals surface area contributed by atoms with Crippen LogP contribution in [-0.4, -0.2) is 42.9 Å². The second kappa shape index (κ2) is 9.22. The van der Waals surface area contributed by atoms with Gasteiger partial charge in [0, 0.05) is 49.5 Å². The molecule has 2 aromatic rings. The molecule has 0 unspecified atom stereocenters. The molecule has 0 saturated carbocycles. The molecule has 1 heterocycles. The van der Waals surface area contributed by atoms with E-state index < -0.39 is 0 Å². The van der Waals surface area contributed by atoms with Gasteiger partial charge in [0.1, 0.15) is 0 Å². The molecule has 0 spiro atoms. The molecular formula is C23H27N3O2. The van der Waals surface area contributed by atoms with Crippen LogP contribution in [0.3, 0.4) is 0 Å². The molecule has 5 nitrogen and oxygen atoms in total. The van der Waals surface area contributed by atoms with Crippen molar-refractivity contribution in [1.82, 2.24) is 4.90 Å². The molecule has 146 valence electrons. The predicted octanol–water partition coefficient (Wildman–Crippen LogP) is 3.64. The summed E-state index contributed by atoms with van der Waals surface area (Å²) in [5.41, 5.74) is 2.86. The first-order valence-corrected chi connectivity index (χ1v) is 9.71. The van der Waals surface area contributed by atoms with Crippen LogP contribution in [-0.2, 0) is 9.59 Å². The van der Waals surface area contributed by atoms with Crippen LogP contribution in [0.5, 0.6) is 0 Å². The Morgan fingerprint density at radius 1 is 0.929 bits per heavy atom. The highest BCUT2D eigenvalue weighted by Crippen LogP contribution is 2.20. The van der Waals surface area contributed by atoms with Gasteiger partial charge in [-0.25, -0.2) is 0 Å². The highest BCUT2D eigenvalue weighted by Gasteiger charge is 2.22. The summed E-state index contributed by atoms with van der Waals surface area (Å²) < 4.78 is 0. The Morgan fingerprint density at radius 3 is 2.18 bits per heavy atom. The zero-order chi connectivity index (χ0) is 19.9. The van der Waals surface area contributed by atoms with E-state index in [0.29, 0.717) is 0 Å². The first-order chi connectivity index (χ1) is 13.5. The summed E-state index contributed by atoms with van der Waals surface area (Å²) in [6, 6.07) is 17.6. The van der Waals surface area contributed by atoms with E-state index in [0.717, 1.165) is 43.1 Å². The fourth-order valence-electron chi connectivity index (χ4n) is 3.23. The molecule has 0 aliphatic carbocycles. The van der Waals surface area contributed by atoms with Crippen LogP contribution in [0.15, 0.2) is 60.7 Å². The minimum atomic E-state index is -0.155. The third-order valence-corrected chi connectivity index (χ3v) is 4.81. The molecule has 0 atom stereocenters. The van der Waals surface area contributed by atoms with E-state index in [1.54, 1.807) is 6.08 Å². The summed E-state index contributed by atoms with van der Waals surface area (Å²) >= 11 is 0.